The summed E-state index contributed by atoms with van der Waals surface area (Å²) in [4.78, 5) is 0. The number of rotatable bonds is 6. The van der Waals surface area contributed by atoms with Gasteiger partial charge >= 0.3 is 48.3 Å². The normalized spacial score (nSPS) is 16.7. The van der Waals surface area contributed by atoms with Crippen molar-refractivity contribution in [1.82, 2.24) is 0 Å². The lowest BCUT2D eigenvalue weighted by Gasteiger charge is -2.38. The molecule has 0 unspecified atom stereocenters. The minimum atomic E-state index is -8.15. The highest BCUT2D eigenvalue weighted by Crippen LogP contribution is 2.58. The SMILES string of the molecule is FC(F)(F)C(F)(F)C(F)(F)C(F)(F)OC(F)(F)C(F)(F)C(F)(F)C(F)(F)F. The molecule has 27 heavy (non-hydrogen) atoms. The molecule has 0 radical (unpaired) electrons. The lowest BCUT2D eigenvalue weighted by atomic mass is 10.1. The molecule has 0 rings (SSSR count). The number of halogens is 18. The summed E-state index contributed by atoms with van der Waals surface area (Å²) in [5.41, 5.74) is 0. The molecule has 0 amide bonds. The Morgan fingerprint density at radius 3 is 0.630 bits per heavy atom. The fourth-order valence-electron chi connectivity index (χ4n) is 1.01. The average molecular weight is 454 g/mol. The Hall–Kier alpha value is -1.30. The maximum Gasteiger partial charge on any atom is 0.460 e. The smallest absolute Gasteiger partial charge is 0.245 e. The van der Waals surface area contributed by atoms with E-state index in [1.54, 1.807) is 0 Å². The Morgan fingerprint density at radius 1 is 0.296 bits per heavy atom. The third kappa shape index (κ3) is 3.69. The molecule has 0 aromatic carbocycles. The second-order valence-electron chi connectivity index (χ2n) is 4.43. The van der Waals surface area contributed by atoms with Crippen LogP contribution in [0.5, 0.6) is 0 Å². The first-order chi connectivity index (χ1) is 11.2. The van der Waals surface area contributed by atoms with E-state index in [9.17, 15) is 79.0 Å². The van der Waals surface area contributed by atoms with Crippen molar-refractivity contribution < 1.29 is 83.8 Å². The van der Waals surface area contributed by atoms with Gasteiger partial charge in [0.2, 0.25) is 0 Å². The average Bonchev–Trinajstić information content (AvgIpc) is 2.33. The highest BCUT2D eigenvalue weighted by molar-refractivity contribution is 5.00. The van der Waals surface area contributed by atoms with Gasteiger partial charge in [-0.3, -0.25) is 0 Å². The van der Waals surface area contributed by atoms with Gasteiger partial charge in [-0.25, -0.2) is 4.74 Å². The summed E-state index contributed by atoms with van der Waals surface area (Å²) in [7, 11) is 0. The lowest BCUT2D eigenvalue weighted by Crippen LogP contribution is -2.67. The zero-order valence-electron chi connectivity index (χ0n) is 11.2. The molecule has 0 atom stereocenters. The van der Waals surface area contributed by atoms with E-state index in [4.69, 9.17) is 0 Å². The van der Waals surface area contributed by atoms with Gasteiger partial charge in [0.05, 0.1) is 0 Å². The lowest BCUT2D eigenvalue weighted by molar-refractivity contribution is -0.522. The zero-order valence-corrected chi connectivity index (χ0v) is 11.2. The van der Waals surface area contributed by atoms with E-state index in [0.717, 1.165) is 4.74 Å². The molecule has 0 aliphatic heterocycles. The third-order valence-electron chi connectivity index (χ3n) is 2.49. The molecule has 1 nitrogen and oxygen atoms in total. The van der Waals surface area contributed by atoms with Crippen molar-refractivity contribution in [2.45, 2.75) is 48.3 Å². The summed E-state index contributed by atoms with van der Waals surface area (Å²) in [6.07, 6.45) is -31.3. The van der Waals surface area contributed by atoms with Crippen molar-refractivity contribution in [3.63, 3.8) is 0 Å². The van der Waals surface area contributed by atoms with Crippen LogP contribution in [-0.4, -0.2) is 48.3 Å². The molecule has 0 N–H and O–H groups in total. The summed E-state index contributed by atoms with van der Waals surface area (Å²) in [6, 6.07) is 0. The molecule has 0 aromatic rings. The molecule has 0 saturated heterocycles. The van der Waals surface area contributed by atoms with Gasteiger partial charge in [0.1, 0.15) is 0 Å². The van der Waals surface area contributed by atoms with E-state index in [-0.39, 0.29) is 0 Å². The third-order valence-corrected chi connectivity index (χ3v) is 2.49. The van der Waals surface area contributed by atoms with Gasteiger partial charge in [0.25, 0.3) is 0 Å². The van der Waals surface area contributed by atoms with Crippen molar-refractivity contribution in [3.05, 3.63) is 0 Å². The summed E-state index contributed by atoms with van der Waals surface area (Å²) < 4.78 is 221. The van der Waals surface area contributed by atoms with Crippen LogP contribution < -0.4 is 0 Å². The van der Waals surface area contributed by atoms with Gasteiger partial charge in [-0.15, -0.1) is 0 Å². The number of alkyl halides is 18. The van der Waals surface area contributed by atoms with E-state index in [1.807, 2.05) is 0 Å². The van der Waals surface area contributed by atoms with Gasteiger partial charge in [0, 0.05) is 0 Å². The van der Waals surface area contributed by atoms with Crippen LogP contribution in [0.2, 0.25) is 0 Å². The van der Waals surface area contributed by atoms with E-state index >= 15 is 0 Å². The first kappa shape index (κ1) is 25.7. The first-order valence-electron chi connectivity index (χ1n) is 5.31. The standard InChI is InChI=1S/C8F18O/c9-1(10,5(17,18)19)3(13,14)7(23,24)27-8(25,26)4(15,16)2(11,12)6(20,21)22. The van der Waals surface area contributed by atoms with E-state index in [2.05, 4.69) is 0 Å². The quantitative estimate of drug-likeness (QED) is 0.458. The summed E-state index contributed by atoms with van der Waals surface area (Å²) >= 11 is 0. The Morgan fingerprint density at radius 2 is 0.481 bits per heavy atom. The van der Waals surface area contributed by atoms with Crippen LogP contribution >= 0.6 is 0 Å². The molecule has 0 spiro atoms. The van der Waals surface area contributed by atoms with Crippen LogP contribution in [0.25, 0.3) is 0 Å². The molecule has 0 aliphatic carbocycles. The van der Waals surface area contributed by atoms with Crippen molar-refractivity contribution >= 4 is 0 Å². The predicted octanol–water partition coefficient (Wildman–Crippen LogP) is 5.85. The molecule has 19 heteroatoms. The van der Waals surface area contributed by atoms with Gasteiger partial charge in [-0.1, -0.05) is 0 Å². The van der Waals surface area contributed by atoms with Crippen molar-refractivity contribution in [2.24, 2.45) is 0 Å². The number of hydrogen-bond donors (Lipinski definition) is 0. The largest absolute Gasteiger partial charge is 0.460 e. The van der Waals surface area contributed by atoms with E-state index in [1.165, 1.54) is 0 Å². The second-order valence-corrected chi connectivity index (χ2v) is 4.43. The number of ether oxygens (including phenoxy) is 1. The second kappa shape index (κ2) is 6.10. The Kier molecular flexibility index (Phi) is 5.80. The molecule has 0 aromatic heterocycles. The van der Waals surface area contributed by atoms with Gasteiger partial charge in [-0.2, -0.15) is 79.0 Å². The van der Waals surface area contributed by atoms with Crippen molar-refractivity contribution in [2.75, 3.05) is 0 Å². The van der Waals surface area contributed by atoms with Crippen LogP contribution in [0.1, 0.15) is 0 Å². The monoisotopic (exact) mass is 454 g/mol. The van der Waals surface area contributed by atoms with Crippen LogP contribution in [0, 0.1) is 0 Å². The Labute approximate surface area is 133 Å². The van der Waals surface area contributed by atoms with Crippen molar-refractivity contribution in [1.29, 1.82) is 0 Å². The van der Waals surface area contributed by atoms with Crippen molar-refractivity contribution in [3.8, 4) is 0 Å². The van der Waals surface area contributed by atoms with Crippen LogP contribution in [0.15, 0.2) is 0 Å². The summed E-state index contributed by atoms with van der Waals surface area (Å²) in [6.45, 7) is 0. The highest BCUT2D eigenvalue weighted by atomic mass is 19.4. The Balaban J connectivity index is 6.19. The highest BCUT2D eigenvalue weighted by Gasteiger charge is 2.88. The Bertz CT molecular complexity index is 489. The fraction of sp³-hybridized carbons (Fsp3) is 1.00. The van der Waals surface area contributed by atoms with Gasteiger partial charge in [-0.05, 0) is 0 Å². The minimum absolute atomic E-state index is 0.991. The molecule has 0 aliphatic rings. The minimum Gasteiger partial charge on any atom is -0.245 e. The summed E-state index contributed by atoms with van der Waals surface area (Å²) in [5, 5.41) is 0. The first-order valence-corrected chi connectivity index (χ1v) is 5.31. The maximum absolute atomic E-state index is 12.6. The molecule has 164 valence electrons. The van der Waals surface area contributed by atoms with Gasteiger partial charge < -0.3 is 0 Å². The van der Waals surface area contributed by atoms with Gasteiger partial charge in [0.15, 0.2) is 0 Å². The molecular weight excluding hydrogens is 454 g/mol. The van der Waals surface area contributed by atoms with Crippen LogP contribution in [0.4, 0.5) is 79.0 Å². The van der Waals surface area contributed by atoms with Crippen LogP contribution in [-0.2, 0) is 4.74 Å². The summed E-state index contributed by atoms with van der Waals surface area (Å²) in [5.74, 6) is -32.2. The molecule has 0 heterocycles. The molecular formula is C8F18O. The molecule has 0 bridgehead atoms. The zero-order chi connectivity index (χ0) is 22.7. The van der Waals surface area contributed by atoms with Crippen LogP contribution in [0.3, 0.4) is 0 Å². The number of hydrogen-bond acceptors (Lipinski definition) is 1. The maximum atomic E-state index is 12.6. The van der Waals surface area contributed by atoms with E-state index in [0.29, 0.717) is 0 Å². The fourth-order valence-corrected chi connectivity index (χ4v) is 1.01. The van der Waals surface area contributed by atoms with E-state index < -0.39 is 48.3 Å². The molecule has 0 saturated carbocycles. The topological polar surface area (TPSA) is 9.23 Å². The predicted molar refractivity (Wildman–Crippen MR) is 42.9 cm³/mol. The molecule has 0 fully saturated rings.